The first-order valence-corrected chi connectivity index (χ1v) is 7.44. The van der Waals surface area contributed by atoms with Crippen LogP contribution in [0.25, 0.3) is 0 Å². The quantitative estimate of drug-likeness (QED) is 0.798. The summed E-state index contributed by atoms with van der Waals surface area (Å²) in [7, 11) is 1.68. The summed E-state index contributed by atoms with van der Waals surface area (Å²) < 4.78 is 0. The van der Waals surface area contributed by atoms with Crippen molar-refractivity contribution in [1.29, 1.82) is 0 Å². The third-order valence-corrected chi connectivity index (χ3v) is 4.04. The number of aryl methyl sites for hydroxylation is 1. The molecule has 1 aromatic rings. The fourth-order valence-corrected chi connectivity index (χ4v) is 2.82. The highest BCUT2D eigenvalue weighted by molar-refractivity contribution is 5.97. The van der Waals surface area contributed by atoms with Crippen molar-refractivity contribution in [3.05, 3.63) is 5.82 Å². The molecule has 2 heterocycles. The van der Waals surface area contributed by atoms with Crippen molar-refractivity contribution in [2.75, 3.05) is 0 Å². The predicted octanol–water partition coefficient (Wildman–Crippen LogP) is -0.384. The smallest absolute Gasteiger partial charge is 0.246 e. The second-order valence-electron chi connectivity index (χ2n) is 5.79. The Bertz CT molecular complexity index is 553. The maximum atomic E-state index is 12.7. The summed E-state index contributed by atoms with van der Waals surface area (Å²) in [6.07, 6.45) is 3.50. The predicted molar refractivity (Wildman–Crippen MR) is 72.7 cm³/mol. The van der Waals surface area contributed by atoms with Gasteiger partial charge in [-0.25, -0.2) is 0 Å². The summed E-state index contributed by atoms with van der Waals surface area (Å²) in [6.45, 7) is 2.25. The number of piperazine rings is 1. The first-order chi connectivity index (χ1) is 10.1. The van der Waals surface area contributed by atoms with Gasteiger partial charge in [-0.05, 0) is 30.4 Å². The van der Waals surface area contributed by atoms with E-state index in [1.807, 2.05) is 6.92 Å². The Hall–Kier alpha value is -1.99. The molecule has 2 aliphatic rings. The number of carbonyl (C=O) groups excluding carboxylic acids is 2. The average Bonchev–Trinajstić information content (AvgIpc) is 3.21. The number of nitrogens with zero attached hydrogens (tertiary/aromatic N) is 5. The molecule has 1 N–H and O–H groups in total. The van der Waals surface area contributed by atoms with E-state index in [0.717, 1.165) is 19.3 Å². The monoisotopic (exact) mass is 292 g/mol. The summed E-state index contributed by atoms with van der Waals surface area (Å²) >= 11 is 0. The molecule has 3 rings (SSSR count). The van der Waals surface area contributed by atoms with Crippen LogP contribution in [-0.4, -0.2) is 49.0 Å². The number of tetrazole rings is 1. The van der Waals surface area contributed by atoms with Gasteiger partial charge >= 0.3 is 0 Å². The third-order valence-electron chi connectivity index (χ3n) is 4.04. The number of amides is 2. The third kappa shape index (κ3) is 2.74. The normalized spacial score (nSPS) is 26.1. The lowest BCUT2D eigenvalue weighted by Crippen LogP contribution is -2.63. The molecular formula is C13H20N6O2. The minimum atomic E-state index is -0.429. The molecule has 1 saturated carbocycles. The fraction of sp³-hybridized carbons (Fsp3) is 0.769. The van der Waals surface area contributed by atoms with Crippen molar-refractivity contribution >= 4 is 11.8 Å². The number of nitrogens with one attached hydrogen (secondary N) is 1. The van der Waals surface area contributed by atoms with E-state index in [9.17, 15) is 9.59 Å². The maximum absolute atomic E-state index is 12.7. The highest BCUT2D eigenvalue weighted by Crippen LogP contribution is 2.35. The van der Waals surface area contributed by atoms with E-state index in [1.165, 1.54) is 4.80 Å². The van der Waals surface area contributed by atoms with Gasteiger partial charge in [0, 0.05) is 0 Å². The Balaban J connectivity index is 1.82. The summed E-state index contributed by atoms with van der Waals surface area (Å²) in [5.41, 5.74) is 0. The topological polar surface area (TPSA) is 93.0 Å². The van der Waals surface area contributed by atoms with Crippen LogP contribution in [0.15, 0.2) is 0 Å². The number of hydrogen-bond acceptors (Lipinski definition) is 5. The minimum absolute atomic E-state index is 0.0111. The molecule has 0 radical (unpaired) electrons. The van der Waals surface area contributed by atoms with Gasteiger partial charge in [0.15, 0.2) is 5.82 Å². The molecule has 2 amide bonds. The number of aromatic nitrogens is 4. The van der Waals surface area contributed by atoms with Crippen molar-refractivity contribution < 1.29 is 9.59 Å². The van der Waals surface area contributed by atoms with Gasteiger partial charge in [-0.3, -0.25) is 9.59 Å². The zero-order chi connectivity index (χ0) is 15.0. The molecule has 0 aromatic carbocycles. The molecule has 8 nitrogen and oxygen atoms in total. The summed E-state index contributed by atoms with van der Waals surface area (Å²) in [4.78, 5) is 28.0. The summed E-state index contributed by atoms with van der Waals surface area (Å²) in [6, 6.07) is -0.802. The van der Waals surface area contributed by atoms with Crippen molar-refractivity contribution in [2.24, 2.45) is 13.0 Å². The van der Waals surface area contributed by atoms with Gasteiger partial charge in [0.05, 0.1) is 13.6 Å². The van der Waals surface area contributed by atoms with E-state index in [-0.39, 0.29) is 24.4 Å². The van der Waals surface area contributed by atoms with E-state index < -0.39 is 6.04 Å². The van der Waals surface area contributed by atoms with Crippen LogP contribution >= 0.6 is 0 Å². The molecule has 0 bridgehead atoms. The Kier molecular flexibility index (Phi) is 3.60. The Morgan fingerprint density at radius 1 is 1.33 bits per heavy atom. The molecular weight excluding hydrogens is 272 g/mol. The highest BCUT2D eigenvalue weighted by Gasteiger charge is 2.46. The van der Waals surface area contributed by atoms with E-state index in [2.05, 4.69) is 20.7 Å². The molecule has 1 aromatic heterocycles. The van der Waals surface area contributed by atoms with Crippen LogP contribution in [0.1, 0.15) is 38.4 Å². The van der Waals surface area contributed by atoms with Crippen LogP contribution < -0.4 is 5.32 Å². The van der Waals surface area contributed by atoms with Crippen molar-refractivity contribution in [1.82, 2.24) is 30.4 Å². The second-order valence-corrected chi connectivity index (χ2v) is 5.79. The first kappa shape index (κ1) is 14.0. The van der Waals surface area contributed by atoms with Crippen LogP contribution in [0.5, 0.6) is 0 Å². The van der Waals surface area contributed by atoms with Crippen molar-refractivity contribution in [2.45, 2.75) is 51.2 Å². The molecule has 1 saturated heterocycles. The molecule has 2 atom stereocenters. The maximum Gasteiger partial charge on any atom is 0.246 e. The second kappa shape index (κ2) is 5.42. The van der Waals surface area contributed by atoms with Gasteiger partial charge in [-0.1, -0.05) is 13.3 Å². The average molecular weight is 292 g/mol. The largest absolute Gasteiger partial charge is 0.342 e. The van der Waals surface area contributed by atoms with Crippen LogP contribution in [-0.2, 0) is 23.2 Å². The first-order valence-electron chi connectivity index (χ1n) is 7.44. The molecule has 1 aliphatic carbocycles. The van der Waals surface area contributed by atoms with Crippen LogP contribution in [0.2, 0.25) is 0 Å². The van der Waals surface area contributed by atoms with Crippen LogP contribution in [0.4, 0.5) is 0 Å². The molecule has 2 fully saturated rings. The zero-order valence-electron chi connectivity index (χ0n) is 12.3. The molecule has 0 spiro atoms. The highest BCUT2D eigenvalue weighted by atomic mass is 16.2. The van der Waals surface area contributed by atoms with E-state index in [4.69, 9.17) is 0 Å². The van der Waals surface area contributed by atoms with E-state index >= 15 is 0 Å². The van der Waals surface area contributed by atoms with Crippen LogP contribution in [0, 0.1) is 5.92 Å². The SMILES string of the molecule is CCCC1C(=O)NC(C2CC2)C(=O)N1Cc1nnn(C)n1. The minimum Gasteiger partial charge on any atom is -0.342 e. The molecule has 21 heavy (non-hydrogen) atoms. The fourth-order valence-electron chi connectivity index (χ4n) is 2.82. The van der Waals surface area contributed by atoms with E-state index in [0.29, 0.717) is 18.2 Å². The number of rotatable bonds is 5. The molecule has 114 valence electrons. The van der Waals surface area contributed by atoms with Gasteiger partial charge < -0.3 is 10.2 Å². The van der Waals surface area contributed by atoms with Gasteiger partial charge in [0.25, 0.3) is 0 Å². The van der Waals surface area contributed by atoms with Crippen LogP contribution in [0.3, 0.4) is 0 Å². The lowest BCUT2D eigenvalue weighted by molar-refractivity contribution is -0.151. The molecule has 1 aliphatic heterocycles. The Labute approximate surface area is 122 Å². The van der Waals surface area contributed by atoms with E-state index in [1.54, 1.807) is 11.9 Å². The Morgan fingerprint density at radius 2 is 2.10 bits per heavy atom. The van der Waals surface area contributed by atoms with Gasteiger partial charge in [-0.15, -0.1) is 10.2 Å². The summed E-state index contributed by atoms with van der Waals surface area (Å²) in [5, 5.41) is 14.7. The summed E-state index contributed by atoms with van der Waals surface area (Å²) in [5.74, 6) is 0.692. The lowest BCUT2D eigenvalue weighted by atomic mass is 10.0. The molecule has 8 heteroatoms. The molecule has 2 unspecified atom stereocenters. The number of hydrogen-bond donors (Lipinski definition) is 1. The van der Waals surface area contributed by atoms with Crippen molar-refractivity contribution in [3.8, 4) is 0 Å². The van der Waals surface area contributed by atoms with Gasteiger partial charge in [-0.2, -0.15) is 4.80 Å². The van der Waals surface area contributed by atoms with Crippen molar-refractivity contribution in [3.63, 3.8) is 0 Å². The number of carbonyl (C=O) groups is 2. The zero-order valence-corrected chi connectivity index (χ0v) is 12.3. The van der Waals surface area contributed by atoms with Gasteiger partial charge in [0.1, 0.15) is 12.1 Å². The lowest BCUT2D eigenvalue weighted by Gasteiger charge is -2.38. The Morgan fingerprint density at radius 3 is 2.67 bits per heavy atom. The standard InChI is InChI=1S/C13H20N6O2/c1-3-4-9-12(20)14-11(8-5-6-8)13(21)19(9)7-10-15-17-18(2)16-10/h8-9,11H,3-7H2,1-2H3,(H,14,20). The van der Waals surface area contributed by atoms with Gasteiger partial charge in [0.2, 0.25) is 11.8 Å².